The number of benzene rings is 2. The highest BCUT2D eigenvalue weighted by molar-refractivity contribution is 7.92. The van der Waals surface area contributed by atoms with Crippen LogP contribution in [0.5, 0.6) is 5.75 Å². The first kappa shape index (κ1) is 16.1. The predicted molar refractivity (Wildman–Crippen MR) is 98.7 cm³/mol. The number of thiazole rings is 1. The molecule has 1 aliphatic heterocycles. The van der Waals surface area contributed by atoms with Gasteiger partial charge in [0.05, 0.1) is 22.2 Å². The second-order valence-electron chi connectivity index (χ2n) is 5.81. The van der Waals surface area contributed by atoms with Gasteiger partial charge in [-0.2, -0.15) is 0 Å². The second-order valence-corrected chi connectivity index (χ2v) is 8.55. The van der Waals surface area contributed by atoms with Gasteiger partial charge in [0.2, 0.25) is 0 Å². The molecule has 2 aromatic carbocycles. The number of rotatable bonds is 4. The molecule has 128 valence electrons. The molecule has 2 heterocycles. The third-order valence-corrected chi connectivity index (χ3v) is 6.15. The summed E-state index contributed by atoms with van der Waals surface area (Å²) in [6, 6.07) is 12.2. The van der Waals surface area contributed by atoms with E-state index in [1.807, 2.05) is 24.4 Å². The normalized spacial score (nSPS) is 13.3. The molecule has 0 atom stereocenters. The van der Waals surface area contributed by atoms with Gasteiger partial charge < -0.3 is 4.74 Å². The SMILES string of the molecule is Cc1nc(-c2cccc(NS(=O)(=O)c3ccc4c(c3)CCO4)c2)cs1. The highest BCUT2D eigenvalue weighted by Crippen LogP contribution is 2.29. The number of aromatic nitrogens is 1. The van der Waals surface area contributed by atoms with Crippen LogP contribution in [0.1, 0.15) is 10.6 Å². The maximum Gasteiger partial charge on any atom is 0.261 e. The molecule has 0 saturated heterocycles. The molecular formula is C18H16N2O3S2. The highest BCUT2D eigenvalue weighted by Gasteiger charge is 2.19. The van der Waals surface area contributed by atoms with Gasteiger partial charge >= 0.3 is 0 Å². The van der Waals surface area contributed by atoms with Crippen molar-refractivity contribution in [1.82, 2.24) is 4.98 Å². The molecule has 1 N–H and O–H groups in total. The number of hydrogen-bond donors (Lipinski definition) is 1. The predicted octanol–water partition coefficient (Wildman–Crippen LogP) is 3.85. The molecule has 0 aliphatic carbocycles. The molecule has 1 aromatic heterocycles. The molecule has 0 fully saturated rings. The van der Waals surface area contributed by atoms with E-state index in [0.29, 0.717) is 12.3 Å². The van der Waals surface area contributed by atoms with Crippen molar-refractivity contribution in [1.29, 1.82) is 0 Å². The zero-order valence-electron chi connectivity index (χ0n) is 13.5. The lowest BCUT2D eigenvalue weighted by Crippen LogP contribution is -2.13. The number of anilines is 1. The van der Waals surface area contributed by atoms with Gasteiger partial charge in [-0.15, -0.1) is 11.3 Å². The minimum atomic E-state index is -3.65. The van der Waals surface area contributed by atoms with Crippen molar-refractivity contribution >= 4 is 27.0 Å². The molecule has 1 aliphatic rings. The Hall–Kier alpha value is -2.38. The molecule has 0 amide bonds. The molecule has 0 unspecified atom stereocenters. The van der Waals surface area contributed by atoms with Crippen LogP contribution in [0.4, 0.5) is 5.69 Å². The van der Waals surface area contributed by atoms with Crippen LogP contribution in [0.15, 0.2) is 52.7 Å². The van der Waals surface area contributed by atoms with Gasteiger partial charge in [-0.25, -0.2) is 13.4 Å². The van der Waals surface area contributed by atoms with Crippen LogP contribution < -0.4 is 9.46 Å². The van der Waals surface area contributed by atoms with Gasteiger partial charge in [-0.1, -0.05) is 12.1 Å². The number of ether oxygens (including phenoxy) is 1. The maximum absolute atomic E-state index is 12.7. The van der Waals surface area contributed by atoms with Crippen molar-refractivity contribution in [3.63, 3.8) is 0 Å². The van der Waals surface area contributed by atoms with Crippen molar-refractivity contribution in [2.75, 3.05) is 11.3 Å². The standard InChI is InChI=1S/C18H16N2O3S2/c1-12-19-17(11-24-12)13-3-2-4-15(9-13)20-25(21,22)16-5-6-18-14(10-16)7-8-23-18/h2-6,9-11,20H,7-8H2,1H3. The Morgan fingerprint density at radius 3 is 2.88 bits per heavy atom. The van der Waals surface area contributed by atoms with E-state index in [0.717, 1.165) is 34.0 Å². The quantitative estimate of drug-likeness (QED) is 0.755. The summed E-state index contributed by atoms with van der Waals surface area (Å²) in [7, 11) is -3.65. The van der Waals surface area contributed by atoms with E-state index in [1.54, 1.807) is 41.7 Å². The Balaban J connectivity index is 1.63. The third kappa shape index (κ3) is 3.25. The van der Waals surface area contributed by atoms with Crippen LogP contribution in [-0.2, 0) is 16.4 Å². The largest absolute Gasteiger partial charge is 0.493 e. The molecule has 0 spiro atoms. The average molecular weight is 372 g/mol. The minimum absolute atomic E-state index is 0.242. The topological polar surface area (TPSA) is 68.3 Å². The highest BCUT2D eigenvalue weighted by atomic mass is 32.2. The van der Waals surface area contributed by atoms with Crippen molar-refractivity contribution < 1.29 is 13.2 Å². The summed E-state index contributed by atoms with van der Waals surface area (Å²) >= 11 is 1.56. The summed E-state index contributed by atoms with van der Waals surface area (Å²) in [4.78, 5) is 4.69. The Morgan fingerprint density at radius 2 is 2.08 bits per heavy atom. The Morgan fingerprint density at radius 1 is 1.20 bits per heavy atom. The molecule has 4 rings (SSSR count). The van der Waals surface area contributed by atoms with E-state index in [9.17, 15) is 8.42 Å². The zero-order chi connectivity index (χ0) is 17.4. The zero-order valence-corrected chi connectivity index (χ0v) is 15.2. The van der Waals surface area contributed by atoms with E-state index in [2.05, 4.69) is 9.71 Å². The summed E-state index contributed by atoms with van der Waals surface area (Å²) in [5.41, 5.74) is 3.17. The second kappa shape index (κ2) is 6.16. The summed E-state index contributed by atoms with van der Waals surface area (Å²) in [6.45, 7) is 2.54. The maximum atomic E-state index is 12.7. The van der Waals surface area contributed by atoms with E-state index < -0.39 is 10.0 Å². The fourth-order valence-corrected chi connectivity index (χ4v) is 4.50. The smallest absolute Gasteiger partial charge is 0.261 e. The molecular weight excluding hydrogens is 356 g/mol. The summed E-state index contributed by atoms with van der Waals surface area (Å²) in [5, 5.41) is 2.94. The Labute approximate surface area is 150 Å². The first-order chi connectivity index (χ1) is 12.0. The van der Waals surface area contributed by atoms with Gasteiger partial charge in [-0.05, 0) is 42.8 Å². The van der Waals surface area contributed by atoms with Crippen molar-refractivity contribution in [2.24, 2.45) is 0 Å². The van der Waals surface area contributed by atoms with Crippen LogP contribution in [-0.4, -0.2) is 20.0 Å². The van der Waals surface area contributed by atoms with E-state index in [4.69, 9.17) is 4.74 Å². The molecule has 0 radical (unpaired) electrons. The van der Waals surface area contributed by atoms with Gasteiger partial charge in [0, 0.05) is 23.1 Å². The summed E-state index contributed by atoms with van der Waals surface area (Å²) in [5.74, 6) is 0.764. The lowest BCUT2D eigenvalue weighted by Gasteiger charge is -2.10. The molecule has 3 aromatic rings. The van der Waals surface area contributed by atoms with Gasteiger partial charge in [0.1, 0.15) is 5.75 Å². The fraction of sp³-hybridized carbons (Fsp3) is 0.167. The molecule has 25 heavy (non-hydrogen) atoms. The minimum Gasteiger partial charge on any atom is -0.493 e. The Kier molecular flexibility index (Phi) is 3.97. The molecule has 7 heteroatoms. The van der Waals surface area contributed by atoms with E-state index in [-0.39, 0.29) is 4.90 Å². The number of fused-ring (bicyclic) bond motifs is 1. The Bertz CT molecular complexity index is 1040. The average Bonchev–Trinajstić information content (AvgIpc) is 3.22. The van der Waals surface area contributed by atoms with Crippen molar-refractivity contribution in [2.45, 2.75) is 18.2 Å². The molecule has 0 bridgehead atoms. The van der Waals surface area contributed by atoms with Crippen LogP contribution in [0.3, 0.4) is 0 Å². The van der Waals surface area contributed by atoms with E-state index >= 15 is 0 Å². The number of nitrogens with zero attached hydrogens (tertiary/aromatic N) is 1. The van der Waals surface area contributed by atoms with Gasteiger partial charge in [-0.3, -0.25) is 4.72 Å². The fourth-order valence-electron chi connectivity index (χ4n) is 2.78. The lowest BCUT2D eigenvalue weighted by molar-refractivity contribution is 0.356. The van der Waals surface area contributed by atoms with Crippen LogP contribution in [0.25, 0.3) is 11.3 Å². The third-order valence-electron chi connectivity index (χ3n) is 4.00. The number of aryl methyl sites for hydroxylation is 1. The van der Waals surface area contributed by atoms with Crippen molar-refractivity contribution in [3.05, 3.63) is 58.4 Å². The first-order valence-electron chi connectivity index (χ1n) is 7.82. The first-order valence-corrected chi connectivity index (χ1v) is 10.2. The number of hydrogen-bond acceptors (Lipinski definition) is 5. The van der Waals surface area contributed by atoms with Gasteiger partial charge in [0.15, 0.2) is 0 Å². The molecule has 5 nitrogen and oxygen atoms in total. The lowest BCUT2D eigenvalue weighted by atomic mass is 10.1. The van der Waals surface area contributed by atoms with Crippen molar-refractivity contribution in [3.8, 4) is 17.0 Å². The monoisotopic (exact) mass is 372 g/mol. The number of nitrogens with one attached hydrogen (secondary N) is 1. The summed E-state index contributed by atoms with van der Waals surface area (Å²) < 4.78 is 33.5. The summed E-state index contributed by atoms with van der Waals surface area (Å²) in [6.07, 6.45) is 0.733. The number of sulfonamides is 1. The van der Waals surface area contributed by atoms with E-state index in [1.165, 1.54) is 0 Å². The van der Waals surface area contributed by atoms with Crippen LogP contribution >= 0.6 is 11.3 Å². The molecule has 0 saturated carbocycles. The van der Waals surface area contributed by atoms with Gasteiger partial charge in [0.25, 0.3) is 10.0 Å². The van der Waals surface area contributed by atoms with Crippen LogP contribution in [0.2, 0.25) is 0 Å². The van der Waals surface area contributed by atoms with Crippen LogP contribution in [0, 0.1) is 6.92 Å².